The Labute approximate surface area is 349 Å². The van der Waals surface area contributed by atoms with Crippen molar-refractivity contribution in [3.8, 4) is 11.1 Å². The molecule has 2 saturated heterocycles. The lowest BCUT2D eigenvalue weighted by Crippen LogP contribution is -2.54. The number of imide groups is 2. The maximum Gasteiger partial charge on any atom is 0.264 e. The summed E-state index contributed by atoms with van der Waals surface area (Å²) in [5.74, 6) is -1.69. The molecule has 61 heavy (non-hydrogen) atoms. The molecule has 0 bridgehead atoms. The first-order valence-corrected chi connectivity index (χ1v) is 20.8. The van der Waals surface area contributed by atoms with Gasteiger partial charge in [0.05, 0.1) is 29.9 Å². The van der Waals surface area contributed by atoms with Crippen LogP contribution < -0.4 is 15.5 Å². The fourth-order valence-electron chi connectivity index (χ4n) is 9.49. The quantitative estimate of drug-likeness (QED) is 0.232. The standard InChI is InChI=1S/C43H46F2N10O6/c1-24(56)52-17-12-34-33(23-52)40(53-14-3-4-25-18-30(26-21-47-50(2)22-26)31(39(44)45)20-36(25)53)49-55(34)28-10-15-51(16-11-28)38(58)9-13-46-27-5-6-29-32(19-27)43(61)54(42(29)60)35-7-8-37(57)48-41(35)59/h5-6,18-22,28,35,39,46H,3-4,7-17,23H2,1-2H3,(H,48,57,59). The lowest BCUT2D eigenvalue weighted by atomic mass is 9.92. The molecule has 2 N–H and O–H groups in total. The fraction of sp³-hybridized carbons (Fsp3) is 0.442. The summed E-state index contributed by atoms with van der Waals surface area (Å²) in [6, 6.07) is 7.13. The molecular weight excluding hydrogens is 791 g/mol. The number of benzene rings is 2. The number of fused-ring (bicyclic) bond motifs is 3. The molecule has 18 heteroatoms. The summed E-state index contributed by atoms with van der Waals surface area (Å²) < 4.78 is 33.0. The summed E-state index contributed by atoms with van der Waals surface area (Å²) in [7, 11) is 1.76. The summed E-state index contributed by atoms with van der Waals surface area (Å²) in [4.78, 5) is 83.0. The summed E-state index contributed by atoms with van der Waals surface area (Å²) in [5, 5.41) is 14.8. The molecular formula is C43H46F2N10O6. The fourth-order valence-corrected chi connectivity index (χ4v) is 9.49. The van der Waals surface area contributed by atoms with Gasteiger partial charge in [-0.3, -0.25) is 48.3 Å². The molecule has 4 aromatic rings. The molecule has 0 saturated carbocycles. The van der Waals surface area contributed by atoms with E-state index in [0.717, 1.165) is 34.6 Å². The topological polar surface area (TPSA) is 175 Å². The number of nitrogens with one attached hydrogen (secondary N) is 2. The number of aromatic nitrogens is 4. The molecule has 0 spiro atoms. The summed E-state index contributed by atoms with van der Waals surface area (Å²) in [5.41, 5.74) is 5.53. The van der Waals surface area contributed by atoms with Crippen LogP contribution in [0.25, 0.3) is 11.1 Å². The molecule has 1 unspecified atom stereocenters. The molecule has 318 valence electrons. The van der Waals surface area contributed by atoms with Gasteiger partial charge in [-0.1, -0.05) is 0 Å². The molecule has 16 nitrogen and oxygen atoms in total. The molecule has 2 aromatic heterocycles. The number of amides is 6. The smallest absolute Gasteiger partial charge is 0.264 e. The maximum absolute atomic E-state index is 14.7. The maximum atomic E-state index is 14.7. The average molecular weight is 837 g/mol. The number of carbonyl (C=O) groups excluding carboxylic acids is 6. The number of hydrogen-bond acceptors (Lipinski definition) is 10. The van der Waals surface area contributed by atoms with Crippen LogP contribution in [-0.4, -0.2) is 108 Å². The minimum atomic E-state index is -2.70. The van der Waals surface area contributed by atoms with Gasteiger partial charge in [-0.05, 0) is 73.6 Å². The largest absolute Gasteiger partial charge is 0.385 e. The van der Waals surface area contributed by atoms with E-state index in [1.807, 2.05) is 15.9 Å². The average Bonchev–Trinajstić information content (AvgIpc) is 3.93. The van der Waals surface area contributed by atoms with Crippen LogP contribution in [0, 0.1) is 0 Å². The second-order valence-corrected chi connectivity index (χ2v) is 16.4. The van der Waals surface area contributed by atoms with Crippen molar-refractivity contribution in [2.45, 2.75) is 83.3 Å². The van der Waals surface area contributed by atoms with Gasteiger partial charge in [0.1, 0.15) is 6.04 Å². The van der Waals surface area contributed by atoms with Crippen LogP contribution in [0.5, 0.6) is 0 Å². The third kappa shape index (κ3) is 7.30. The second kappa shape index (κ2) is 15.9. The van der Waals surface area contributed by atoms with Gasteiger partial charge in [-0.15, -0.1) is 0 Å². The number of nitrogens with zero attached hydrogens (tertiary/aromatic N) is 8. The number of piperidine rings is 2. The number of rotatable bonds is 9. The number of likely N-dealkylation sites (tertiary alicyclic amines) is 1. The minimum Gasteiger partial charge on any atom is -0.385 e. The third-order valence-corrected chi connectivity index (χ3v) is 12.7. The van der Waals surface area contributed by atoms with Crippen LogP contribution >= 0.6 is 0 Å². The zero-order chi connectivity index (χ0) is 42.7. The van der Waals surface area contributed by atoms with Crippen molar-refractivity contribution in [3.05, 3.63) is 76.2 Å². The van der Waals surface area contributed by atoms with Crippen molar-refractivity contribution in [1.82, 2.24) is 39.6 Å². The van der Waals surface area contributed by atoms with Crippen LogP contribution in [0.1, 0.15) is 101 Å². The highest BCUT2D eigenvalue weighted by Crippen LogP contribution is 2.44. The molecule has 7 heterocycles. The van der Waals surface area contributed by atoms with Gasteiger partial charge in [-0.2, -0.15) is 10.2 Å². The molecule has 6 amide bonds. The van der Waals surface area contributed by atoms with Crippen LogP contribution in [0.3, 0.4) is 0 Å². The van der Waals surface area contributed by atoms with E-state index in [2.05, 4.69) is 20.4 Å². The van der Waals surface area contributed by atoms with E-state index in [-0.39, 0.29) is 60.4 Å². The lowest BCUT2D eigenvalue weighted by molar-refractivity contribution is -0.136. The molecule has 1 atom stereocenters. The van der Waals surface area contributed by atoms with E-state index < -0.39 is 36.1 Å². The number of aryl methyl sites for hydroxylation is 2. The van der Waals surface area contributed by atoms with E-state index in [1.54, 1.807) is 54.1 Å². The van der Waals surface area contributed by atoms with Crippen molar-refractivity contribution in [1.29, 1.82) is 0 Å². The summed E-state index contributed by atoms with van der Waals surface area (Å²) in [6.45, 7) is 4.38. The minimum absolute atomic E-state index is 0.00574. The van der Waals surface area contributed by atoms with Crippen molar-refractivity contribution >= 4 is 52.6 Å². The number of carbonyl (C=O) groups is 6. The Morgan fingerprint density at radius 2 is 1.70 bits per heavy atom. The van der Waals surface area contributed by atoms with Crippen LogP contribution in [0.15, 0.2) is 42.7 Å². The van der Waals surface area contributed by atoms with Gasteiger partial charge in [0.15, 0.2) is 5.82 Å². The number of anilines is 3. The van der Waals surface area contributed by atoms with E-state index in [4.69, 9.17) is 5.10 Å². The molecule has 9 rings (SSSR count). The Balaban J connectivity index is 0.874. The Hall–Kier alpha value is -6.46. The van der Waals surface area contributed by atoms with Gasteiger partial charge < -0.3 is 20.0 Å². The highest BCUT2D eigenvalue weighted by atomic mass is 19.3. The molecule has 2 fully saturated rings. The first-order chi connectivity index (χ1) is 29.4. The van der Waals surface area contributed by atoms with E-state index in [1.165, 1.54) is 6.07 Å². The van der Waals surface area contributed by atoms with Gasteiger partial charge >= 0.3 is 0 Å². The van der Waals surface area contributed by atoms with Gasteiger partial charge in [-0.25, -0.2) is 8.78 Å². The predicted octanol–water partition coefficient (Wildman–Crippen LogP) is 4.28. The Morgan fingerprint density at radius 1 is 0.918 bits per heavy atom. The molecule has 0 aliphatic carbocycles. The van der Waals surface area contributed by atoms with Crippen molar-refractivity contribution in [2.24, 2.45) is 7.05 Å². The number of halogens is 2. The number of hydrogen-bond donors (Lipinski definition) is 2. The number of alkyl halides is 2. The van der Waals surface area contributed by atoms with E-state index in [9.17, 15) is 37.5 Å². The Bertz CT molecular complexity index is 2490. The monoisotopic (exact) mass is 836 g/mol. The first kappa shape index (κ1) is 40.0. The van der Waals surface area contributed by atoms with Crippen molar-refractivity contribution in [2.75, 3.05) is 42.9 Å². The van der Waals surface area contributed by atoms with E-state index >= 15 is 0 Å². The molecule has 2 aromatic carbocycles. The van der Waals surface area contributed by atoms with Crippen molar-refractivity contribution in [3.63, 3.8) is 0 Å². The SMILES string of the molecule is CC(=O)N1CCc2c(c(N3CCCc4cc(-c5cnn(C)c5)c(C(F)F)cc43)nn2C2CCN(C(=O)CCNc3ccc4c(c3)C(=O)N(C3CCC(=O)NC3=O)C4=O)CC2)C1. The third-order valence-electron chi connectivity index (χ3n) is 12.7. The molecule has 5 aliphatic rings. The van der Waals surface area contributed by atoms with Gasteiger partial charge in [0.2, 0.25) is 23.6 Å². The Morgan fingerprint density at radius 3 is 2.43 bits per heavy atom. The first-order valence-electron chi connectivity index (χ1n) is 20.8. The van der Waals surface area contributed by atoms with Crippen LogP contribution in [0.2, 0.25) is 0 Å². The summed E-state index contributed by atoms with van der Waals surface area (Å²) >= 11 is 0. The normalized spacial score (nSPS) is 19.3. The van der Waals surface area contributed by atoms with Gasteiger partial charge in [0, 0.05) is 106 Å². The van der Waals surface area contributed by atoms with Crippen molar-refractivity contribution < 1.29 is 37.5 Å². The summed E-state index contributed by atoms with van der Waals surface area (Å²) in [6.07, 6.45) is 4.39. The van der Waals surface area contributed by atoms with Gasteiger partial charge in [0.25, 0.3) is 18.2 Å². The second-order valence-electron chi connectivity index (χ2n) is 16.4. The van der Waals surface area contributed by atoms with E-state index in [0.29, 0.717) is 80.3 Å². The molecule has 0 radical (unpaired) electrons. The highest BCUT2D eigenvalue weighted by Gasteiger charge is 2.45. The predicted molar refractivity (Wildman–Crippen MR) is 217 cm³/mol. The lowest BCUT2D eigenvalue weighted by Gasteiger charge is -2.34. The zero-order valence-corrected chi connectivity index (χ0v) is 34.0. The van der Waals surface area contributed by atoms with Crippen LogP contribution in [-0.2, 0) is 45.6 Å². The highest BCUT2D eigenvalue weighted by molar-refractivity contribution is 6.23. The Kier molecular flexibility index (Phi) is 10.4. The zero-order valence-electron chi connectivity index (χ0n) is 34.0. The molecule has 5 aliphatic heterocycles. The van der Waals surface area contributed by atoms with Crippen LogP contribution in [0.4, 0.5) is 26.0 Å².